The fourth-order valence-corrected chi connectivity index (χ4v) is 3.91. The summed E-state index contributed by atoms with van der Waals surface area (Å²) < 4.78 is 11.5. The molecule has 0 saturated carbocycles. The van der Waals surface area contributed by atoms with E-state index in [1.165, 1.54) is 0 Å². The molecule has 4 rings (SSSR count). The summed E-state index contributed by atoms with van der Waals surface area (Å²) in [5.41, 5.74) is 0.155. The molecule has 2 aliphatic rings. The Kier molecular flexibility index (Phi) is 4.10. The van der Waals surface area contributed by atoms with E-state index >= 15 is 0 Å². The van der Waals surface area contributed by atoms with Crippen LogP contribution in [0.5, 0.6) is 11.5 Å². The van der Waals surface area contributed by atoms with Gasteiger partial charge in [0.25, 0.3) is 10.9 Å². The van der Waals surface area contributed by atoms with Gasteiger partial charge in [-0.3, -0.25) is 9.59 Å². The summed E-state index contributed by atoms with van der Waals surface area (Å²) in [6, 6.07) is 7.51. The van der Waals surface area contributed by atoms with Crippen molar-refractivity contribution in [2.45, 2.75) is 6.10 Å². The van der Waals surface area contributed by atoms with E-state index in [9.17, 15) is 9.59 Å². The van der Waals surface area contributed by atoms with Gasteiger partial charge in [-0.25, -0.2) is 0 Å². The van der Waals surface area contributed by atoms with Gasteiger partial charge in [0, 0.05) is 24.6 Å². The van der Waals surface area contributed by atoms with Crippen LogP contribution in [0.25, 0.3) is 0 Å². The molecule has 2 aromatic rings. The summed E-state index contributed by atoms with van der Waals surface area (Å²) in [5.74, 6) is 3.40. The molecule has 1 atom stereocenters. The van der Waals surface area contributed by atoms with Crippen molar-refractivity contribution in [3.8, 4) is 11.5 Å². The standard InChI is InChI=1S/C17H18N2O4S/c20-16-14(15(17(16)21)19-5-7-24-8-6-19)18-9-11-10-22-12-3-1-2-4-13(12)23-11/h1-4,11,18H,5-10H2/t11-/m0/s1. The zero-order valence-electron chi connectivity index (χ0n) is 13.1. The third-order valence-electron chi connectivity index (χ3n) is 4.29. The maximum absolute atomic E-state index is 11.9. The summed E-state index contributed by atoms with van der Waals surface area (Å²) in [6.45, 7) is 2.45. The second-order valence-corrected chi connectivity index (χ2v) is 7.08. The zero-order valence-corrected chi connectivity index (χ0v) is 13.9. The first-order valence-electron chi connectivity index (χ1n) is 8.02. The van der Waals surface area contributed by atoms with Crippen LogP contribution < -0.4 is 30.5 Å². The molecule has 2 heterocycles. The number of fused-ring (bicyclic) bond motifs is 1. The monoisotopic (exact) mass is 346 g/mol. The van der Waals surface area contributed by atoms with Gasteiger partial charge in [-0.05, 0) is 12.1 Å². The highest BCUT2D eigenvalue weighted by molar-refractivity contribution is 7.99. The van der Waals surface area contributed by atoms with Gasteiger partial charge in [0.05, 0.1) is 6.54 Å². The van der Waals surface area contributed by atoms with Crippen LogP contribution in [-0.2, 0) is 0 Å². The van der Waals surface area contributed by atoms with Crippen molar-refractivity contribution in [2.75, 3.05) is 48.0 Å². The SMILES string of the molecule is O=c1c(NC[C@H]2COc3ccccc3O2)c(N2CCSCC2)c1=O. The first-order valence-corrected chi connectivity index (χ1v) is 9.18. The Hall–Kier alpha value is -2.15. The molecule has 0 radical (unpaired) electrons. The van der Waals surface area contributed by atoms with E-state index < -0.39 is 5.43 Å². The van der Waals surface area contributed by atoms with Crippen molar-refractivity contribution < 1.29 is 9.47 Å². The van der Waals surface area contributed by atoms with E-state index in [1.54, 1.807) is 0 Å². The fourth-order valence-electron chi connectivity index (χ4n) is 3.01. The average molecular weight is 346 g/mol. The maximum Gasteiger partial charge on any atom is 0.253 e. The van der Waals surface area contributed by atoms with Crippen molar-refractivity contribution in [2.24, 2.45) is 0 Å². The minimum atomic E-state index is -0.430. The van der Waals surface area contributed by atoms with E-state index in [-0.39, 0.29) is 11.5 Å². The number of nitrogens with one attached hydrogen (secondary N) is 1. The molecule has 0 aliphatic carbocycles. The Bertz CT molecular complexity index is 809. The number of benzene rings is 1. The second kappa shape index (κ2) is 6.39. The van der Waals surface area contributed by atoms with Gasteiger partial charge in [-0.2, -0.15) is 11.8 Å². The smallest absolute Gasteiger partial charge is 0.253 e. The highest BCUT2D eigenvalue weighted by atomic mass is 32.2. The van der Waals surface area contributed by atoms with Crippen molar-refractivity contribution >= 4 is 23.1 Å². The molecule has 0 aromatic heterocycles. The van der Waals surface area contributed by atoms with Crippen LogP contribution in [0.4, 0.5) is 11.4 Å². The topological polar surface area (TPSA) is 67.9 Å². The van der Waals surface area contributed by atoms with Crippen molar-refractivity contribution in [1.82, 2.24) is 0 Å². The number of thioether (sulfide) groups is 1. The quantitative estimate of drug-likeness (QED) is 0.831. The lowest BCUT2D eigenvalue weighted by Crippen LogP contribution is -2.46. The van der Waals surface area contributed by atoms with Crippen LogP contribution in [0.1, 0.15) is 0 Å². The lowest BCUT2D eigenvalue weighted by Gasteiger charge is -2.31. The fraction of sp³-hybridized carbons (Fsp3) is 0.412. The third-order valence-corrected chi connectivity index (χ3v) is 5.23. The van der Waals surface area contributed by atoms with E-state index in [0.717, 1.165) is 30.3 Å². The van der Waals surface area contributed by atoms with Gasteiger partial charge >= 0.3 is 0 Å². The maximum atomic E-state index is 11.9. The largest absolute Gasteiger partial charge is 0.486 e. The Morgan fingerprint density at radius 3 is 2.67 bits per heavy atom. The summed E-state index contributed by atoms with van der Waals surface area (Å²) >= 11 is 1.87. The first-order chi connectivity index (χ1) is 11.7. The van der Waals surface area contributed by atoms with Gasteiger partial charge < -0.3 is 19.7 Å². The summed E-state index contributed by atoms with van der Waals surface area (Å²) in [6.07, 6.45) is -0.200. The predicted molar refractivity (Wildman–Crippen MR) is 95.7 cm³/mol. The third kappa shape index (κ3) is 2.73. The van der Waals surface area contributed by atoms with Crippen LogP contribution in [-0.4, -0.2) is 43.9 Å². The Morgan fingerprint density at radius 1 is 1.12 bits per heavy atom. The molecule has 6 nitrogen and oxygen atoms in total. The highest BCUT2D eigenvalue weighted by Crippen LogP contribution is 2.31. The Morgan fingerprint density at radius 2 is 1.88 bits per heavy atom. The number of anilines is 2. The van der Waals surface area contributed by atoms with Crippen molar-refractivity contribution in [3.63, 3.8) is 0 Å². The van der Waals surface area contributed by atoms with Crippen LogP contribution in [0.3, 0.4) is 0 Å². The molecule has 7 heteroatoms. The number of rotatable bonds is 4. The van der Waals surface area contributed by atoms with Gasteiger partial charge in [0.2, 0.25) is 0 Å². The van der Waals surface area contributed by atoms with Gasteiger partial charge in [-0.15, -0.1) is 0 Å². The predicted octanol–water partition coefficient (Wildman–Crippen LogP) is 1.09. The van der Waals surface area contributed by atoms with Crippen LogP contribution in [0, 0.1) is 0 Å². The van der Waals surface area contributed by atoms with Gasteiger partial charge in [0.1, 0.15) is 24.1 Å². The molecular formula is C17H18N2O4S. The number of nitrogens with zero attached hydrogens (tertiary/aromatic N) is 1. The molecule has 24 heavy (non-hydrogen) atoms. The number of hydrogen-bond acceptors (Lipinski definition) is 7. The Balaban J connectivity index is 1.43. The molecule has 126 valence electrons. The lowest BCUT2D eigenvalue weighted by atomic mass is 10.1. The summed E-state index contributed by atoms with van der Waals surface area (Å²) in [7, 11) is 0. The van der Waals surface area contributed by atoms with Crippen LogP contribution in [0.15, 0.2) is 33.9 Å². The molecule has 2 aromatic carbocycles. The molecule has 0 spiro atoms. The van der Waals surface area contributed by atoms with E-state index in [0.29, 0.717) is 30.3 Å². The molecule has 0 bridgehead atoms. The summed E-state index contributed by atoms with van der Waals surface area (Å²) in [4.78, 5) is 25.9. The normalized spacial score (nSPS) is 20.2. The van der Waals surface area contributed by atoms with E-state index in [2.05, 4.69) is 5.32 Å². The summed E-state index contributed by atoms with van der Waals surface area (Å²) in [5, 5.41) is 3.10. The molecule has 0 amide bonds. The van der Waals surface area contributed by atoms with Crippen LogP contribution >= 0.6 is 11.8 Å². The number of hydrogen-bond donors (Lipinski definition) is 1. The first kappa shape index (κ1) is 15.4. The number of ether oxygens (including phenoxy) is 2. The van der Waals surface area contributed by atoms with Gasteiger partial charge in [0.15, 0.2) is 11.5 Å². The minimum Gasteiger partial charge on any atom is -0.486 e. The van der Waals surface area contributed by atoms with Crippen molar-refractivity contribution in [1.29, 1.82) is 0 Å². The Labute approximate surface area is 143 Å². The average Bonchev–Trinajstić information content (AvgIpc) is 2.64. The van der Waals surface area contributed by atoms with Gasteiger partial charge in [-0.1, -0.05) is 12.1 Å². The minimum absolute atomic E-state index is 0.200. The van der Waals surface area contributed by atoms with Crippen LogP contribution in [0.2, 0.25) is 0 Å². The second-order valence-electron chi connectivity index (χ2n) is 5.86. The molecule has 1 saturated heterocycles. The lowest BCUT2D eigenvalue weighted by molar-refractivity contribution is 0.0997. The molecule has 0 unspecified atom stereocenters. The van der Waals surface area contributed by atoms with Crippen molar-refractivity contribution in [3.05, 3.63) is 44.7 Å². The molecule has 2 aliphatic heterocycles. The molecule has 1 fully saturated rings. The number of para-hydroxylation sites is 2. The highest BCUT2D eigenvalue weighted by Gasteiger charge is 2.28. The van der Waals surface area contributed by atoms with E-state index in [4.69, 9.17) is 9.47 Å². The zero-order chi connectivity index (χ0) is 16.5. The molecular weight excluding hydrogens is 328 g/mol. The molecule has 1 N–H and O–H groups in total. The van der Waals surface area contributed by atoms with E-state index in [1.807, 2.05) is 40.9 Å².